The number of hydrogen-bond acceptors (Lipinski definition) is 4. The molecule has 4 heteroatoms. The van der Waals surface area contributed by atoms with Crippen LogP contribution in [0.3, 0.4) is 0 Å². The summed E-state index contributed by atoms with van der Waals surface area (Å²) in [7, 11) is 3.80. The molecule has 0 saturated carbocycles. The molecular formula is C16H22N2O2. The van der Waals surface area contributed by atoms with Crippen molar-refractivity contribution in [1.29, 1.82) is 0 Å². The molecule has 0 amide bonds. The average Bonchev–Trinajstić information content (AvgIpc) is 2.97. The molecule has 4 nitrogen and oxygen atoms in total. The molecule has 1 aromatic heterocycles. The van der Waals surface area contributed by atoms with Gasteiger partial charge in [-0.25, -0.2) is 0 Å². The van der Waals surface area contributed by atoms with E-state index < -0.39 is 0 Å². The predicted octanol–water partition coefficient (Wildman–Crippen LogP) is 3.49. The largest absolute Gasteiger partial charge is 0.496 e. The van der Waals surface area contributed by atoms with Crippen molar-refractivity contribution in [2.45, 2.75) is 33.4 Å². The number of methoxy groups -OCH3 is 1. The van der Waals surface area contributed by atoms with Gasteiger partial charge in [-0.15, -0.1) is 0 Å². The normalized spacial score (nSPS) is 12.7. The van der Waals surface area contributed by atoms with Crippen LogP contribution in [0.15, 0.2) is 29.0 Å². The summed E-state index contributed by atoms with van der Waals surface area (Å²) in [5.74, 6) is 0.943. The summed E-state index contributed by atoms with van der Waals surface area (Å²) in [5, 5.41) is 4.01. The summed E-state index contributed by atoms with van der Waals surface area (Å²) in [6.07, 6.45) is 1.61. The zero-order valence-electron chi connectivity index (χ0n) is 12.8. The Hall–Kier alpha value is -1.81. The lowest BCUT2D eigenvalue weighted by atomic mass is 10.0. The Kier molecular flexibility index (Phi) is 4.45. The molecule has 2 rings (SSSR count). The molecule has 0 fully saturated rings. The van der Waals surface area contributed by atoms with Crippen molar-refractivity contribution in [3.8, 4) is 5.75 Å². The molecule has 0 radical (unpaired) electrons. The highest BCUT2D eigenvalue weighted by atomic mass is 16.5. The minimum absolute atomic E-state index is 0.218. The van der Waals surface area contributed by atoms with Crippen LogP contribution in [0.5, 0.6) is 5.75 Å². The fourth-order valence-electron chi connectivity index (χ4n) is 2.31. The predicted molar refractivity (Wildman–Crippen MR) is 78.9 cm³/mol. The molecule has 1 heterocycles. The Labute approximate surface area is 120 Å². The van der Waals surface area contributed by atoms with Gasteiger partial charge < -0.3 is 9.26 Å². The van der Waals surface area contributed by atoms with Crippen LogP contribution in [0.4, 0.5) is 0 Å². The molecule has 0 bridgehead atoms. The lowest BCUT2D eigenvalue weighted by Gasteiger charge is -2.24. The molecule has 2 aromatic rings. The van der Waals surface area contributed by atoms with Gasteiger partial charge in [-0.05, 0) is 50.6 Å². The lowest BCUT2D eigenvalue weighted by Crippen LogP contribution is -2.22. The van der Waals surface area contributed by atoms with Crippen LogP contribution in [0.2, 0.25) is 0 Å². The first-order valence-corrected chi connectivity index (χ1v) is 6.78. The molecular weight excluding hydrogens is 252 g/mol. The second-order valence-electron chi connectivity index (χ2n) is 5.19. The first kappa shape index (κ1) is 14.6. The van der Waals surface area contributed by atoms with Gasteiger partial charge in [0.25, 0.3) is 0 Å². The van der Waals surface area contributed by atoms with E-state index in [4.69, 9.17) is 9.26 Å². The number of hydrogen-bond donors (Lipinski definition) is 0. The number of aromatic nitrogens is 1. The van der Waals surface area contributed by atoms with Gasteiger partial charge in [-0.3, -0.25) is 4.90 Å². The van der Waals surface area contributed by atoms with Crippen LogP contribution in [0.25, 0.3) is 0 Å². The van der Waals surface area contributed by atoms with E-state index in [0.717, 1.165) is 18.0 Å². The molecule has 108 valence electrons. The molecule has 1 atom stereocenters. The Bertz CT molecular complexity index is 564. The quantitative estimate of drug-likeness (QED) is 0.836. The average molecular weight is 274 g/mol. The molecule has 1 aromatic carbocycles. The van der Waals surface area contributed by atoms with Crippen molar-refractivity contribution >= 4 is 0 Å². The smallest absolute Gasteiger partial charge is 0.124 e. The second-order valence-corrected chi connectivity index (χ2v) is 5.19. The zero-order valence-corrected chi connectivity index (χ0v) is 12.8. The highest BCUT2D eigenvalue weighted by molar-refractivity contribution is 5.43. The van der Waals surface area contributed by atoms with Gasteiger partial charge in [-0.1, -0.05) is 11.2 Å². The van der Waals surface area contributed by atoms with E-state index in [1.807, 2.05) is 12.1 Å². The summed E-state index contributed by atoms with van der Waals surface area (Å²) >= 11 is 0. The van der Waals surface area contributed by atoms with E-state index in [9.17, 15) is 0 Å². The summed E-state index contributed by atoms with van der Waals surface area (Å²) in [6, 6.07) is 6.29. The molecule has 0 aliphatic carbocycles. The van der Waals surface area contributed by atoms with Crippen LogP contribution in [0, 0.1) is 13.8 Å². The SMILES string of the molecule is COc1ccc(CN(C)C(C)c2ccon2)c(C)c1C. The molecule has 0 saturated heterocycles. The molecule has 1 unspecified atom stereocenters. The zero-order chi connectivity index (χ0) is 14.7. The van der Waals surface area contributed by atoms with Crippen LogP contribution < -0.4 is 4.74 Å². The number of ether oxygens (including phenoxy) is 1. The second kappa shape index (κ2) is 6.09. The minimum atomic E-state index is 0.218. The van der Waals surface area contributed by atoms with Gasteiger partial charge in [0.2, 0.25) is 0 Å². The summed E-state index contributed by atoms with van der Waals surface area (Å²) in [6.45, 7) is 7.23. The van der Waals surface area contributed by atoms with Gasteiger partial charge in [0.15, 0.2) is 0 Å². The first-order valence-electron chi connectivity index (χ1n) is 6.78. The van der Waals surface area contributed by atoms with Crippen LogP contribution in [-0.4, -0.2) is 24.2 Å². The molecule has 0 aliphatic heterocycles. The molecule has 0 spiro atoms. The van der Waals surface area contributed by atoms with Gasteiger partial charge in [0.1, 0.15) is 17.7 Å². The highest BCUT2D eigenvalue weighted by Crippen LogP contribution is 2.26. The van der Waals surface area contributed by atoms with E-state index in [0.29, 0.717) is 0 Å². The van der Waals surface area contributed by atoms with Crippen molar-refractivity contribution < 1.29 is 9.26 Å². The fraction of sp³-hybridized carbons (Fsp3) is 0.438. The fourth-order valence-corrected chi connectivity index (χ4v) is 2.31. The van der Waals surface area contributed by atoms with Crippen LogP contribution in [-0.2, 0) is 6.54 Å². The number of rotatable bonds is 5. The van der Waals surface area contributed by atoms with Crippen molar-refractivity contribution in [3.05, 3.63) is 46.8 Å². The minimum Gasteiger partial charge on any atom is -0.496 e. The maximum absolute atomic E-state index is 5.36. The highest BCUT2D eigenvalue weighted by Gasteiger charge is 2.16. The van der Waals surface area contributed by atoms with E-state index in [-0.39, 0.29) is 6.04 Å². The van der Waals surface area contributed by atoms with Crippen molar-refractivity contribution in [2.75, 3.05) is 14.2 Å². The third-order valence-electron chi connectivity index (χ3n) is 4.04. The van der Waals surface area contributed by atoms with E-state index in [1.165, 1.54) is 16.7 Å². The number of benzene rings is 1. The van der Waals surface area contributed by atoms with Crippen LogP contribution in [0.1, 0.15) is 35.3 Å². The Morgan fingerprint density at radius 2 is 2.00 bits per heavy atom. The first-order chi connectivity index (χ1) is 9.54. The van der Waals surface area contributed by atoms with Gasteiger partial charge in [0, 0.05) is 12.6 Å². The van der Waals surface area contributed by atoms with E-state index in [2.05, 4.69) is 43.9 Å². The van der Waals surface area contributed by atoms with Gasteiger partial charge >= 0.3 is 0 Å². The standard InChI is InChI=1S/C16H22N2O2/c1-11-12(2)16(19-5)7-6-14(11)10-18(4)13(3)15-8-9-20-17-15/h6-9,13H,10H2,1-5H3. The lowest BCUT2D eigenvalue weighted by molar-refractivity contribution is 0.240. The van der Waals surface area contributed by atoms with E-state index >= 15 is 0 Å². The molecule has 20 heavy (non-hydrogen) atoms. The Morgan fingerprint density at radius 3 is 2.60 bits per heavy atom. The summed E-state index contributed by atoms with van der Waals surface area (Å²) in [4.78, 5) is 2.26. The number of nitrogens with zero attached hydrogens (tertiary/aromatic N) is 2. The Morgan fingerprint density at radius 1 is 1.25 bits per heavy atom. The maximum Gasteiger partial charge on any atom is 0.124 e. The molecule has 0 N–H and O–H groups in total. The van der Waals surface area contributed by atoms with Gasteiger partial charge in [-0.2, -0.15) is 0 Å². The monoisotopic (exact) mass is 274 g/mol. The van der Waals surface area contributed by atoms with Crippen molar-refractivity contribution in [2.24, 2.45) is 0 Å². The van der Waals surface area contributed by atoms with E-state index in [1.54, 1.807) is 13.4 Å². The van der Waals surface area contributed by atoms with Crippen molar-refractivity contribution in [1.82, 2.24) is 10.1 Å². The topological polar surface area (TPSA) is 38.5 Å². The van der Waals surface area contributed by atoms with Crippen LogP contribution >= 0.6 is 0 Å². The summed E-state index contributed by atoms with van der Waals surface area (Å²) in [5.41, 5.74) is 4.74. The Balaban J connectivity index is 2.16. The van der Waals surface area contributed by atoms with Crippen molar-refractivity contribution in [3.63, 3.8) is 0 Å². The van der Waals surface area contributed by atoms with Gasteiger partial charge in [0.05, 0.1) is 13.2 Å². The summed E-state index contributed by atoms with van der Waals surface area (Å²) < 4.78 is 10.3. The third-order valence-corrected chi connectivity index (χ3v) is 4.04. The maximum atomic E-state index is 5.36. The molecule has 0 aliphatic rings. The third kappa shape index (κ3) is 2.85.